The number of esters is 1. The SMILES string of the molecule is CCOC(=O)Cc1nc(Br)c(C(F)F)cc1CN. The second-order valence-corrected chi connectivity index (χ2v) is 4.21. The van der Waals surface area contributed by atoms with Gasteiger partial charge in [-0.2, -0.15) is 0 Å². The molecule has 0 unspecified atom stereocenters. The van der Waals surface area contributed by atoms with E-state index in [0.29, 0.717) is 11.3 Å². The molecule has 18 heavy (non-hydrogen) atoms. The number of nitrogens with zero attached hydrogens (tertiary/aromatic N) is 1. The Morgan fingerprint density at radius 2 is 2.28 bits per heavy atom. The lowest BCUT2D eigenvalue weighted by molar-refractivity contribution is -0.142. The Hall–Kier alpha value is -1.08. The summed E-state index contributed by atoms with van der Waals surface area (Å²) in [7, 11) is 0. The van der Waals surface area contributed by atoms with Crippen molar-refractivity contribution in [3.8, 4) is 0 Å². The van der Waals surface area contributed by atoms with Crippen LogP contribution in [-0.2, 0) is 22.5 Å². The topological polar surface area (TPSA) is 65.2 Å². The highest BCUT2D eigenvalue weighted by atomic mass is 79.9. The largest absolute Gasteiger partial charge is 0.466 e. The average molecular weight is 323 g/mol. The Balaban J connectivity index is 3.05. The molecule has 0 radical (unpaired) electrons. The minimum Gasteiger partial charge on any atom is -0.466 e. The predicted molar refractivity (Wildman–Crippen MR) is 65.1 cm³/mol. The maximum atomic E-state index is 12.7. The number of pyridine rings is 1. The van der Waals surface area contributed by atoms with Gasteiger partial charge in [-0.25, -0.2) is 13.8 Å². The summed E-state index contributed by atoms with van der Waals surface area (Å²) in [6, 6.07) is 1.26. The molecular weight excluding hydrogens is 310 g/mol. The molecule has 0 aliphatic rings. The lowest BCUT2D eigenvalue weighted by atomic mass is 10.1. The predicted octanol–water partition coefficient (Wildman–Crippen LogP) is 2.35. The molecule has 2 N–H and O–H groups in total. The number of alkyl halides is 2. The Morgan fingerprint density at radius 3 is 2.78 bits per heavy atom. The number of hydrogen-bond donors (Lipinski definition) is 1. The minimum atomic E-state index is -2.64. The molecule has 0 aliphatic heterocycles. The van der Waals surface area contributed by atoms with Crippen molar-refractivity contribution in [2.45, 2.75) is 26.3 Å². The van der Waals surface area contributed by atoms with E-state index in [1.807, 2.05) is 0 Å². The van der Waals surface area contributed by atoms with Gasteiger partial charge in [0.25, 0.3) is 6.43 Å². The van der Waals surface area contributed by atoms with Crippen molar-refractivity contribution < 1.29 is 18.3 Å². The molecule has 1 aromatic heterocycles. The first kappa shape index (κ1) is 15.0. The number of hydrogen-bond acceptors (Lipinski definition) is 4. The van der Waals surface area contributed by atoms with Crippen molar-refractivity contribution >= 4 is 21.9 Å². The molecule has 1 heterocycles. The van der Waals surface area contributed by atoms with E-state index in [9.17, 15) is 13.6 Å². The highest BCUT2D eigenvalue weighted by molar-refractivity contribution is 9.10. The third-order valence-electron chi connectivity index (χ3n) is 2.24. The van der Waals surface area contributed by atoms with Gasteiger partial charge in [-0.05, 0) is 34.5 Å². The van der Waals surface area contributed by atoms with Crippen LogP contribution in [0.4, 0.5) is 8.78 Å². The molecule has 4 nitrogen and oxygen atoms in total. The number of halogens is 3. The van der Waals surface area contributed by atoms with E-state index in [0.717, 1.165) is 0 Å². The molecule has 0 fully saturated rings. The van der Waals surface area contributed by atoms with Crippen LogP contribution in [0.3, 0.4) is 0 Å². The second kappa shape index (κ2) is 6.75. The molecule has 0 aliphatic carbocycles. The Labute approximate surface area is 112 Å². The van der Waals surface area contributed by atoms with E-state index in [1.165, 1.54) is 6.07 Å². The molecule has 7 heteroatoms. The third kappa shape index (κ3) is 3.71. The first-order chi connectivity index (χ1) is 8.49. The summed E-state index contributed by atoms with van der Waals surface area (Å²) >= 11 is 2.96. The fraction of sp³-hybridized carbons (Fsp3) is 0.455. The molecule has 0 saturated carbocycles. The number of carbonyl (C=O) groups is 1. The van der Waals surface area contributed by atoms with Gasteiger partial charge in [-0.3, -0.25) is 4.79 Å². The standard InChI is InChI=1S/C11H13BrF2N2O2/c1-2-18-9(17)4-8-6(5-15)3-7(11(13)14)10(12)16-8/h3,11H,2,4-5,15H2,1H3. The number of rotatable bonds is 5. The zero-order chi connectivity index (χ0) is 13.7. The van der Waals surface area contributed by atoms with Crippen LogP contribution < -0.4 is 5.73 Å². The van der Waals surface area contributed by atoms with Crippen LogP contribution in [0.15, 0.2) is 10.7 Å². The van der Waals surface area contributed by atoms with E-state index in [4.69, 9.17) is 10.5 Å². The average Bonchev–Trinajstić information content (AvgIpc) is 2.29. The summed E-state index contributed by atoms with van der Waals surface area (Å²) in [6.45, 7) is 1.98. The molecule has 1 aromatic rings. The van der Waals surface area contributed by atoms with E-state index in [2.05, 4.69) is 20.9 Å². The van der Waals surface area contributed by atoms with Crippen LogP contribution in [0.2, 0.25) is 0 Å². The molecule has 0 amide bonds. The molecule has 0 aromatic carbocycles. The second-order valence-electron chi connectivity index (χ2n) is 3.46. The summed E-state index contributed by atoms with van der Waals surface area (Å²) in [6.07, 6.45) is -2.73. The highest BCUT2D eigenvalue weighted by Crippen LogP contribution is 2.28. The van der Waals surface area contributed by atoms with Crippen LogP contribution in [0, 0.1) is 0 Å². The van der Waals surface area contributed by atoms with Gasteiger partial charge in [0, 0.05) is 6.54 Å². The van der Waals surface area contributed by atoms with Gasteiger partial charge in [0.2, 0.25) is 0 Å². The lowest BCUT2D eigenvalue weighted by Gasteiger charge is -2.11. The van der Waals surface area contributed by atoms with E-state index >= 15 is 0 Å². The van der Waals surface area contributed by atoms with Gasteiger partial charge in [0.1, 0.15) is 4.60 Å². The normalized spacial score (nSPS) is 10.8. The fourth-order valence-electron chi connectivity index (χ4n) is 1.42. The summed E-state index contributed by atoms with van der Waals surface area (Å²) in [5.74, 6) is -0.462. The summed E-state index contributed by atoms with van der Waals surface area (Å²) < 4.78 is 30.1. The third-order valence-corrected chi connectivity index (χ3v) is 2.88. The summed E-state index contributed by atoms with van der Waals surface area (Å²) in [5, 5.41) is 0. The zero-order valence-corrected chi connectivity index (χ0v) is 11.3. The molecule has 1 rings (SSSR count). The quantitative estimate of drug-likeness (QED) is 0.667. The highest BCUT2D eigenvalue weighted by Gasteiger charge is 2.18. The van der Waals surface area contributed by atoms with Crippen molar-refractivity contribution in [3.63, 3.8) is 0 Å². The van der Waals surface area contributed by atoms with Gasteiger partial charge >= 0.3 is 5.97 Å². The maximum Gasteiger partial charge on any atom is 0.311 e. The van der Waals surface area contributed by atoms with Crippen molar-refractivity contribution in [3.05, 3.63) is 27.5 Å². The Morgan fingerprint density at radius 1 is 1.61 bits per heavy atom. The molecule has 0 atom stereocenters. The van der Waals surface area contributed by atoms with Crippen LogP contribution in [0.1, 0.15) is 30.2 Å². The monoisotopic (exact) mass is 322 g/mol. The van der Waals surface area contributed by atoms with Gasteiger partial charge in [0.05, 0.1) is 24.3 Å². The Bertz CT molecular complexity index is 441. The number of nitrogens with two attached hydrogens (primary N) is 1. The van der Waals surface area contributed by atoms with Crippen molar-refractivity contribution in [2.75, 3.05) is 6.61 Å². The van der Waals surface area contributed by atoms with E-state index in [-0.39, 0.29) is 29.7 Å². The van der Waals surface area contributed by atoms with Crippen molar-refractivity contribution in [1.29, 1.82) is 0 Å². The lowest BCUT2D eigenvalue weighted by Crippen LogP contribution is -2.13. The number of ether oxygens (including phenoxy) is 1. The van der Waals surface area contributed by atoms with Gasteiger partial charge in [-0.1, -0.05) is 0 Å². The van der Waals surface area contributed by atoms with Crippen molar-refractivity contribution in [1.82, 2.24) is 4.98 Å². The first-order valence-electron chi connectivity index (χ1n) is 5.31. The van der Waals surface area contributed by atoms with Crippen molar-refractivity contribution in [2.24, 2.45) is 5.73 Å². The van der Waals surface area contributed by atoms with Crippen LogP contribution in [0.5, 0.6) is 0 Å². The number of aromatic nitrogens is 1. The van der Waals surface area contributed by atoms with Crippen LogP contribution in [0.25, 0.3) is 0 Å². The maximum absolute atomic E-state index is 12.7. The van der Waals surface area contributed by atoms with Gasteiger partial charge in [0.15, 0.2) is 0 Å². The van der Waals surface area contributed by atoms with E-state index < -0.39 is 12.4 Å². The van der Waals surface area contributed by atoms with Crippen LogP contribution in [-0.4, -0.2) is 17.6 Å². The Kier molecular flexibility index (Phi) is 5.61. The molecule has 0 bridgehead atoms. The smallest absolute Gasteiger partial charge is 0.311 e. The number of carbonyl (C=O) groups excluding carboxylic acids is 1. The molecule has 0 saturated heterocycles. The van der Waals surface area contributed by atoms with Crippen LogP contribution >= 0.6 is 15.9 Å². The summed E-state index contributed by atoms with van der Waals surface area (Å²) in [4.78, 5) is 15.3. The minimum absolute atomic E-state index is 0.0222. The summed E-state index contributed by atoms with van der Waals surface area (Å²) in [5.41, 5.74) is 6.01. The molecular formula is C11H13BrF2N2O2. The molecule has 0 spiro atoms. The van der Waals surface area contributed by atoms with Gasteiger partial charge < -0.3 is 10.5 Å². The zero-order valence-electron chi connectivity index (χ0n) is 9.75. The molecule has 100 valence electrons. The van der Waals surface area contributed by atoms with Gasteiger partial charge in [-0.15, -0.1) is 0 Å². The first-order valence-corrected chi connectivity index (χ1v) is 6.10. The van der Waals surface area contributed by atoms with E-state index in [1.54, 1.807) is 6.92 Å². The fourth-order valence-corrected chi connectivity index (χ4v) is 1.92.